The van der Waals surface area contributed by atoms with Gasteiger partial charge in [-0.2, -0.15) is 5.26 Å². The van der Waals surface area contributed by atoms with E-state index in [0.29, 0.717) is 11.3 Å². The highest BCUT2D eigenvalue weighted by Gasteiger charge is 2.35. The van der Waals surface area contributed by atoms with Crippen LogP contribution < -0.4 is 5.73 Å². The fourth-order valence-corrected chi connectivity index (χ4v) is 2.33. The van der Waals surface area contributed by atoms with Crippen LogP contribution in [-0.4, -0.2) is 18.1 Å². The van der Waals surface area contributed by atoms with Gasteiger partial charge in [0.15, 0.2) is 0 Å². The van der Waals surface area contributed by atoms with Gasteiger partial charge >= 0.3 is 5.97 Å². The van der Waals surface area contributed by atoms with E-state index in [0.717, 1.165) is 5.56 Å². The first kappa shape index (κ1) is 17.3. The van der Waals surface area contributed by atoms with Crippen molar-refractivity contribution in [2.24, 2.45) is 5.73 Å². The van der Waals surface area contributed by atoms with Crippen LogP contribution in [-0.2, 0) is 14.3 Å². The molecule has 1 atom stereocenters. The third-order valence-electron chi connectivity index (χ3n) is 3.23. The molecule has 1 aromatic rings. The Morgan fingerprint density at radius 1 is 1.41 bits per heavy atom. The van der Waals surface area contributed by atoms with Gasteiger partial charge in [0.2, 0.25) is 5.88 Å². The van der Waals surface area contributed by atoms with Crippen molar-refractivity contribution >= 4 is 5.97 Å². The van der Waals surface area contributed by atoms with Gasteiger partial charge in [-0.25, -0.2) is 4.79 Å². The van der Waals surface area contributed by atoms with Crippen LogP contribution in [0.4, 0.5) is 0 Å². The first-order valence-corrected chi connectivity index (χ1v) is 6.60. The number of ether oxygens (including phenoxy) is 2. The zero-order valence-electron chi connectivity index (χ0n) is 12.4. The number of nitriles is 1. The lowest BCUT2D eigenvalue weighted by atomic mass is 9.83. The highest BCUT2D eigenvalue weighted by molar-refractivity contribution is 5.92. The molecule has 1 unspecified atom stereocenters. The Morgan fingerprint density at radius 3 is 2.59 bits per heavy atom. The molecule has 6 nitrogen and oxygen atoms in total. The molecule has 1 aliphatic rings. The Morgan fingerprint density at radius 2 is 2.05 bits per heavy atom. The normalized spacial score (nSPS) is 17.2. The standard InChI is InChI=1S/C16H16N2O3.H2O/c1-3-20-16(19)13-10(2)21-15(18)12(9-17)14(13)11-7-5-4-6-8-11;/h4-8,14H,3,18H2,1-2H3;1H2. The van der Waals surface area contributed by atoms with E-state index >= 15 is 0 Å². The SMILES string of the molecule is CCOC(=O)C1=C(C)OC(N)=C(C#N)C1c1ccccc1.O. The fourth-order valence-electron chi connectivity index (χ4n) is 2.33. The fraction of sp³-hybridized carbons (Fsp3) is 0.250. The highest BCUT2D eigenvalue weighted by atomic mass is 16.5. The van der Waals surface area contributed by atoms with Crippen LogP contribution in [0.2, 0.25) is 0 Å². The molecule has 0 bridgehead atoms. The van der Waals surface area contributed by atoms with E-state index in [-0.39, 0.29) is 23.5 Å². The molecule has 1 heterocycles. The van der Waals surface area contributed by atoms with E-state index < -0.39 is 11.9 Å². The molecule has 0 fully saturated rings. The maximum absolute atomic E-state index is 12.2. The zero-order valence-corrected chi connectivity index (χ0v) is 12.4. The molecule has 1 aliphatic heterocycles. The molecule has 0 aromatic heterocycles. The minimum atomic E-state index is -0.566. The van der Waals surface area contributed by atoms with Crippen LogP contribution in [0.3, 0.4) is 0 Å². The molecular weight excluding hydrogens is 284 g/mol. The minimum Gasteiger partial charge on any atom is -0.463 e. The molecule has 116 valence electrons. The van der Waals surface area contributed by atoms with Crippen molar-refractivity contribution in [3.63, 3.8) is 0 Å². The largest absolute Gasteiger partial charge is 0.463 e. The first-order valence-electron chi connectivity index (χ1n) is 6.60. The van der Waals surface area contributed by atoms with Gasteiger partial charge in [-0.15, -0.1) is 0 Å². The molecule has 0 saturated carbocycles. The Balaban J connectivity index is 0.00000242. The molecule has 0 saturated heterocycles. The van der Waals surface area contributed by atoms with Gasteiger partial charge in [0.05, 0.1) is 18.1 Å². The first-order chi connectivity index (χ1) is 10.1. The van der Waals surface area contributed by atoms with Gasteiger partial charge in [-0.3, -0.25) is 0 Å². The topological polar surface area (TPSA) is 117 Å². The van der Waals surface area contributed by atoms with E-state index in [2.05, 4.69) is 0 Å². The number of esters is 1. The second-order valence-electron chi connectivity index (χ2n) is 4.53. The molecule has 4 N–H and O–H groups in total. The van der Waals surface area contributed by atoms with Gasteiger partial charge in [0.1, 0.15) is 17.4 Å². The van der Waals surface area contributed by atoms with Gasteiger partial charge in [-0.1, -0.05) is 30.3 Å². The van der Waals surface area contributed by atoms with Gasteiger partial charge in [-0.05, 0) is 19.4 Å². The number of hydrogen-bond donors (Lipinski definition) is 1. The molecule has 22 heavy (non-hydrogen) atoms. The summed E-state index contributed by atoms with van der Waals surface area (Å²) >= 11 is 0. The van der Waals surface area contributed by atoms with Crippen molar-refractivity contribution in [3.8, 4) is 6.07 Å². The molecule has 0 spiro atoms. The van der Waals surface area contributed by atoms with Crippen molar-refractivity contribution in [2.75, 3.05) is 6.61 Å². The average Bonchev–Trinajstić information content (AvgIpc) is 2.47. The molecule has 0 amide bonds. The number of nitrogens with two attached hydrogens (primary N) is 1. The number of carbonyl (C=O) groups is 1. The number of carbonyl (C=O) groups excluding carboxylic acids is 1. The van der Waals surface area contributed by atoms with Crippen LogP contribution in [0.5, 0.6) is 0 Å². The lowest BCUT2D eigenvalue weighted by Gasteiger charge is -2.26. The zero-order chi connectivity index (χ0) is 15.4. The maximum atomic E-state index is 12.2. The predicted molar refractivity (Wildman–Crippen MR) is 80.0 cm³/mol. The van der Waals surface area contributed by atoms with Crippen LogP contribution in [0.1, 0.15) is 25.3 Å². The Bertz CT molecular complexity index is 656. The maximum Gasteiger partial charge on any atom is 0.338 e. The van der Waals surface area contributed by atoms with Crippen molar-refractivity contribution in [2.45, 2.75) is 19.8 Å². The van der Waals surface area contributed by atoms with E-state index in [1.165, 1.54) is 0 Å². The lowest BCUT2D eigenvalue weighted by Crippen LogP contribution is -2.25. The number of allylic oxidation sites excluding steroid dienone is 2. The van der Waals surface area contributed by atoms with Crippen molar-refractivity contribution in [1.29, 1.82) is 5.26 Å². The molecule has 0 radical (unpaired) electrons. The molecule has 2 rings (SSSR count). The summed E-state index contributed by atoms with van der Waals surface area (Å²) in [5, 5.41) is 9.37. The number of benzene rings is 1. The summed E-state index contributed by atoms with van der Waals surface area (Å²) < 4.78 is 10.4. The van der Waals surface area contributed by atoms with Crippen molar-refractivity contribution < 1.29 is 19.7 Å². The van der Waals surface area contributed by atoms with Crippen LogP contribution >= 0.6 is 0 Å². The predicted octanol–water partition coefficient (Wildman–Crippen LogP) is 1.51. The van der Waals surface area contributed by atoms with E-state index in [1.807, 2.05) is 36.4 Å². The van der Waals surface area contributed by atoms with Crippen molar-refractivity contribution in [3.05, 3.63) is 58.7 Å². The highest BCUT2D eigenvalue weighted by Crippen LogP contribution is 2.39. The summed E-state index contributed by atoms with van der Waals surface area (Å²) in [5.74, 6) is -0.677. The molecule has 6 heteroatoms. The second-order valence-corrected chi connectivity index (χ2v) is 4.53. The third kappa shape index (κ3) is 3.10. The molecule has 1 aromatic carbocycles. The second kappa shape index (κ2) is 7.29. The van der Waals surface area contributed by atoms with Gasteiger partial charge in [0, 0.05) is 0 Å². The number of nitrogens with zero attached hydrogens (tertiary/aromatic N) is 1. The Labute approximate surface area is 128 Å². The number of hydrogen-bond acceptors (Lipinski definition) is 5. The van der Waals surface area contributed by atoms with E-state index in [1.54, 1.807) is 13.8 Å². The molecular formula is C16H18N2O4. The van der Waals surface area contributed by atoms with E-state index in [4.69, 9.17) is 15.2 Å². The third-order valence-corrected chi connectivity index (χ3v) is 3.23. The average molecular weight is 302 g/mol. The minimum absolute atomic E-state index is 0. The summed E-state index contributed by atoms with van der Waals surface area (Å²) in [4.78, 5) is 12.2. The van der Waals surface area contributed by atoms with Crippen LogP contribution in [0.15, 0.2) is 53.1 Å². The van der Waals surface area contributed by atoms with Crippen molar-refractivity contribution in [1.82, 2.24) is 0 Å². The summed E-state index contributed by atoms with van der Waals surface area (Å²) in [7, 11) is 0. The van der Waals surface area contributed by atoms with Crippen LogP contribution in [0.25, 0.3) is 0 Å². The summed E-state index contributed by atoms with van der Waals surface area (Å²) in [6.45, 7) is 3.62. The Kier molecular flexibility index (Phi) is 5.72. The van der Waals surface area contributed by atoms with Crippen LogP contribution in [0, 0.1) is 11.3 Å². The molecule has 0 aliphatic carbocycles. The van der Waals surface area contributed by atoms with Gasteiger partial charge in [0.25, 0.3) is 0 Å². The monoisotopic (exact) mass is 302 g/mol. The lowest BCUT2D eigenvalue weighted by molar-refractivity contribution is -0.139. The summed E-state index contributed by atoms with van der Waals surface area (Å²) in [6.07, 6.45) is 0. The van der Waals surface area contributed by atoms with Gasteiger partial charge < -0.3 is 20.7 Å². The summed E-state index contributed by atoms with van der Waals surface area (Å²) in [6, 6.07) is 11.3. The number of rotatable bonds is 3. The Hall–Kier alpha value is -2.78. The summed E-state index contributed by atoms with van der Waals surface area (Å²) in [5.41, 5.74) is 7.12. The van der Waals surface area contributed by atoms with E-state index in [9.17, 15) is 10.1 Å². The smallest absolute Gasteiger partial charge is 0.338 e. The quantitative estimate of drug-likeness (QED) is 0.849.